The molecule has 3 N–H and O–H groups in total. The molecule has 0 spiro atoms. The lowest BCUT2D eigenvalue weighted by atomic mass is 10.0. The van der Waals surface area contributed by atoms with Gasteiger partial charge in [-0.15, -0.1) is 0 Å². The summed E-state index contributed by atoms with van der Waals surface area (Å²) in [5.74, 6) is 0. The van der Waals surface area contributed by atoms with Gasteiger partial charge < -0.3 is 10.2 Å². The van der Waals surface area contributed by atoms with Crippen molar-refractivity contribution >= 4 is 0 Å². The Hall–Kier alpha value is -0.120. The minimum Gasteiger partial charge on any atom is -0.396 e. The van der Waals surface area contributed by atoms with E-state index in [2.05, 4.69) is 5.32 Å². The zero-order chi connectivity index (χ0) is 18.8. The van der Waals surface area contributed by atoms with Gasteiger partial charge in [0.1, 0.15) is 5.72 Å². The van der Waals surface area contributed by atoms with E-state index in [9.17, 15) is 5.11 Å². The number of aliphatic hydroxyl groups excluding tert-OH is 1. The summed E-state index contributed by atoms with van der Waals surface area (Å²) < 4.78 is 0. The van der Waals surface area contributed by atoms with Crippen LogP contribution in [0.2, 0.25) is 0 Å². The van der Waals surface area contributed by atoms with Gasteiger partial charge in [0, 0.05) is 6.61 Å². The molecule has 1 aliphatic carbocycles. The molecular formula is C23H47NO2. The van der Waals surface area contributed by atoms with Gasteiger partial charge in [-0.05, 0) is 45.1 Å². The van der Waals surface area contributed by atoms with E-state index >= 15 is 0 Å². The Bertz CT molecular complexity index is 288. The van der Waals surface area contributed by atoms with Crippen molar-refractivity contribution in [3.8, 4) is 0 Å². The monoisotopic (exact) mass is 369 g/mol. The smallest absolute Gasteiger partial charge is 0.116 e. The second kappa shape index (κ2) is 17.0. The van der Waals surface area contributed by atoms with Gasteiger partial charge in [-0.1, -0.05) is 89.9 Å². The van der Waals surface area contributed by atoms with E-state index in [-0.39, 0.29) is 0 Å². The molecule has 1 aliphatic rings. The third-order valence-electron chi connectivity index (χ3n) is 5.97. The average Bonchev–Trinajstić information content (AvgIpc) is 2.86. The van der Waals surface area contributed by atoms with E-state index in [4.69, 9.17) is 5.11 Å². The number of unbranched alkanes of at least 4 members (excludes halogenated alkanes) is 13. The predicted molar refractivity (Wildman–Crippen MR) is 112 cm³/mol. The fourth-order valence-corrected chi connectivity index (χ4v) is 4.17. The fourth-order valence-electron chi connectivity index (χ4n) is 4.17. The van der Waals surface area contributed by atoms with Crippen LogP contribution >= 0.6 is 0 Å². The third kappa shape index (κ3) is 14.0. The molecule has 26 heavy (non-hydrogen) atoms. The van der Waals surface area contributed by atoms with Crippen molar-refractivity contribution < 1.29 is 10.2 Å². The molecule has 1 rings (SSSR count). The molecule has 0 amide bonds. The van der Waals surface area contributed by atoms with E-state index < -0.39 is 5.72 Å². The summed E-state index contributed by atoms with van der Waals surface area (Å²) in [6.45, 7) is 1.34. The standard InChI is InChI=1S/C23H47NO2/c25-22-18-14-10-8-6-4-2-1-3-5-7-9-13-17-21-24-23(26)19-15-11-12-16-20-23/h24-26H,1-22H2. The Morgan fingerprint density at radius 2 is 0.923 bits per heavy atom. The van der Waals surface area contributed by atoms with Gasteiger partial charge in [-0.2, -0.15) is 0 Å². The molecule has 0 saturated heterocycles. The first-order valence-electron chi connectivity index (χ1n) is 11.9. The second-order valence-corrected chi connectivity index (χ2v) is 8.55. The Morgan fingerprint density at radius 1 is 0.538 bits per heavy atom. The maximum absolute atomic E-state index is 10.5. The van der Waals surface area contributed by atoms with E-state index in [1.54, 1.807) is 0 Å². The highest BCUT2D eigenvalue weighted by atomic mass is 16.3. The molecule has 1 saturated carbocycles. The van der Waals surface area contributed by atoms with Crippen molar-refractivity contribution in [1.29, 1.82) is 0 Å². The van der Waals surface area contributed by atoms with Gasteiger partial charge in [0.15, 0.2) is 0 Å². The minimum atomic E-state index is -0.560. The van der Waals surface area contributed by atoms with E-state index in [1.165, 1.54) is 109 Å². The van der Waals surface area contributed by atoms with Crippen molar-refractivity contribution in [2.75, 3.05) is 13.2 Å². The first kappa shape index (κ1) is 23.9. The van der Waals surface area contributed by atoms with Crippen LogP contribution in [0.3, 0.4) is 0 Å². The van der Waals surface area contributed by atoms with Gasteiger partial charge in [-0.3, -0.25) is 5.32 Å². The molecule has 156 valence electrons. The van der Waals surface area contributed by atoms with Crippen LogP contribution in [0.15, 0.2) is 0 Å². The summed E-state index contributed by atoms with van der Waals surface area (Å²) in [5, 5.41) is 22.7. The van der Waals surface area contributed by atoms with Crippen LogP contribution in [0, 0.1) is 0 Å². The summed E-state index contributed by atoms with van der Waals surface area (Å²) >= 11 is 0. The maximum atomic E-state index is 10.5. The van der Waals surface area contributed by atoms with Gasteiger partial charge in [0.25, 0.3) is 0 Å². The molecule has 0 aromatic carbocycles. The van der Waals surface area contributed by atoms with Crippen LogP contribution in [-0.2, 0) is 0 Å². The number of nitrogens with one attached hydrogen (secondary N) is 1. The van der Waals surface area contributed by atoms with Crippen LogP contribution < -0.4 is 5.32 Å². The number of rotatable bonds is 17. The fraction of sp³-hybridized carbons (Fsp3) is 1.00. The minimum absolute atomic E-state index is 0.360. The summed E-state index contributed by atoms with van der Waals surface area (Å²) in [6, 6.07) is 0. The lowest BCUT2D eigenvalue weighted by Gasteiger charge is -2.28. The van der Waals surface area contributed by atoms with Gasteiger partial charge in [0.2, 0.25) is 0 Å². The summed E-state index contributed by atoms with van der Waals surface area (Å²) in [7, 11) is 0. The molecule has 0 aliphatic heterocycles. The highest BCUT2D eigenvalue weighted by Gasteiger charge is 2.26. The first-order chi connectivity index (χ1) is 12.8. The second-order valence-electron chi connectivity index (χ2n) is 8.55. The Kier molecular flexibility index (Phi) is 15.6. The molecule has 0 heterocycles. The molecule has 0 aromatic rings. The quantitative estimate of drug-likeness (QED) is 0.166. The average molecular weight is 370 g/mol. The van der Waals surface area contributed by atoms with Gasteiger partial charge in [-0.25, -0.2) is 0 Å². The molecule has 3 heteroatoms. The lowest BCUT2D eigenvalue weighted by Crippen LogP contribution is -2.45. The van der Waals surface area contributed by atoms with Crippen molar-refractivity contribution in [3.05, 3.63) is 0 Å². The van der Waals surface area contributed by atoms with Crippen LogP contribution in [0.1, 0.15) is 128 Å². The van der Waals surface area contributed by atoms with E-state index in [0.717, 1.165) is 25.8 Å². The predicted octanol–water partition coefficient (Wildman–Crippen LogP) is 6.07. The molecule has 1 fully saturated rings. The highest BCUT2D eigenvalue weighted by molar-refractivity contribution is 4.78. The molecule has 3 nitrogen and oxygen atoms in total. The Morgan fingerprint density at radius 3 is 1.35 bits per heavy atom. The maximum Gasteiger partial charge on any atom is 0.116 e. The summed E-state index contributed by atoms with van der Waals surface area (Å²) in [4.78, 5) is 0. The molecule has 0 bridgehead atoms. The van der Waals surface area contributed by atoms with Crippen molar-refractivity contribution in [1.82, 2.24) is 5.32 Å². The Labute approximate surface area is 163 Å². The van der Waals surface area contributed by atoms with Crippen molar-refractivity contribution in [2.45, 2.75) is 134 Å². The molecule has 0 radical (unpaired) electrons. The van der Waals surface area contributed by atoms with Crippen molar-refractivity contribution in [3.63, 3.8) is 0 Å². The largest absolute Gasteiger partial charge is 0.396 e. The van der Waals surface area contributed by atoms with Crippen LogP contribution in [0.4, 0.5) is 0 Å². The summed E-state index contributed by atoms with van der Waals surface area (Å²) in [6.07, 6.45) is 25.3. The zero-order valence-corrected chi connectivity index (χ0v) is 17.5. The molecule has 0 unspecified atom stereocenters. The third-order valence-corrected chi connectivity index (χ3v) is 5.97. The topological polar surface area (TPSA) is 52.5 Å². The van der Waals surface area contributed by atoms with Crippen LogP contribution in [0.5, 0.6) is 0 Å². The van der Waals surface area contributed by atoms with Crippen LogP contribution in [0.25, 0.3) is 0 Å². The normalized spacial score (nSPS) is 17.3. The number of hydrogen-bond donors (Lipinski definition) is 3. The zero-order valence-electron chi connectivity index (χ0n) is 17.5. The first-order valence-corrected chi connectivity index (χ1v) is 11.9. The SMILES string of the molecule is OCCCCCCCCCCCCCCCCNC1(O)CCCCCC1. The van der Waals surface area contributed by atoms with Gasteiger partial charge in [0.05, 0.1) is 0 Å². The lowest BCUT2D eigenvalue weighted by molar-refractivity contribution is -0.00906. The molecule has 0 atom stereocenters. The Balaban J connectivity index is 1.75. The highest BCUT2D eigenvalue weighted by Crippen LogP contribution is 2.24. The van der Waals surface area contributed by atoms with Gasteiger partial charge >= 0.3 is 0 Å². The van der Waals surface area contributed by atoms with Crippen LogP contribution in [-0.4, -0.2) is 29.1 Å². The van der Waals surface area contributed by atoms with E-state index in [0.29, 0.717) is 6.61 Å². The molecular weight excluding hydrogens is 322 g/mol. The number of hydrogen-bond acceptors (Lipinski definition) is 3. The van der Waals surface area contributed by atoms with Crippen molar-refractivity contribution in [2.24, 2.45) is 0 Å². The number of aliphatic hydroxyl groups is 2. The van der Waals surface area contributed by atoms with E-state index in [1.807, 2.05) is 0 Å². The molecule has 0 aromatic heterocycles. The summed E-state index contributed by atoms with van der Waals surface area (Å²) in [5.41, 5.74) is -0.560.